The minimum absolute atomic E-state index is 0.0799. The van der Waals surface area contributed by atoms with Crippen LogP contribution in [0.3, 0.4) is 0 Å². The zero-order valence-electron chi connectivity index (χ0n) is 11.3. The van der Waals surface area contributed by atoms with Gasteiger partial charge >= 0.3 is 19.1 Å². The molecule has 6 heteroatoms. The molecule has 19 heavy (non-hydrogen) atoms. The lowest BCUT2D eigenvalue weighted by molar-refractivity contribution is -0.145. The van der Waals surface area contributed by atoms with Crippen LogP contribution < -0.4 is 5.46 Å². The Labute approximate surface area is 112 Å². The van der Waals surface area contributed by atoms with Crippen molar-refractivity contribution >= 4 is 24.5 Å². The largest absolute Gasteiger partial charge is 0.637 e. The molecule has 0 aliphatic carbocycles. The van der Waals surface area contributed by atoms with Crippen LogP contribution in [0.15, 0.2) is 18.2 Å². The summed E-state index contributed by atoms with van der Waals surface area (Å²) in [4.78, 5) is 25.0. The lowest BCUT2D eigenvalue weighted by Gasteiger charge is -2.24. The average Bonchev–Trinajstić information content (AvgIpc) is 2.25. The first-order valence-corrected chi connectivity index (χ1v) is 6.11. The summed E-state index contributed by atoms with van der Waals surface area (Å²) in [5.74, 6) is -0.801. The second kappa shape index (κ2) is 5.44. The molecule has 0 bridgehead atoms. The zero-order valence-corrected chi connectivity index (χ0v) is 11.3. The number of hydrogen-bond acceptors (Lipinski definition) is 5. The van der Waals surface area contributed by atoms with Crippen molar-refractivity contribution in [1.82, 2.24) is 4.90 Å². The molecule has 0 spiro atoms. The first kappa shape index (κ1) is 13.6. The molecule has 0 atom stereocenters. The number of carbonyl (C=O) groups excluding carboxylic acids is 2. The van der Waals surface area contributed by atoms with Gasteiger partial charge in [0, 0.05) is 5.46 Å². The third kappa shape index (κ3) is 3.14. The van der Waals surface area contributed by atoms with Gasteiger partial charge in [0.05, 0.1) is 13.1 Å². The monoisotopic (exact) mass is 261 g/mol. The van der Waals surface area contributed by atoms with E-state index in [1.165, 1.54) is 0 Å². The molecule has 0 N–H and O–H groups in total. The SMILES string of the molecule is Cc1cccc(C)c1B1OC(=O)CN(C)CC(=O)O1. The summed E-state index contributed by atoms with van der Waals surface area (Å²) in [5, 5.41) is 0. The van der Waals surface area contributed by atoms with E-state index in [-0.39, 0.29) is 13.1 Å². The number of hydrogen-bond donors (Lipinski definition) is 0. The summed E-state index contributed by atoms with van der Waals surface area (Å²) >= 11 is 0. The van der Waals surface area contributed by atoms with Crippen LogP contribution in [-0.4, -0.2) is 44.1 Å². The zero-order chi connectivity index (χ0) is 14.0. The molecular formula is C13H16BNO4. The molecule has 1 aliphatic rings. The van der Waals surface area contributed by atoms with Gasteiger partial charge in [-0.1, -0.05) is 18.2 Å². The van der Waals surface area contributed by atoms with Crippen molar-refractivity contribution in [3.63, 3.8) is 0 Å². The van der Waals surface area contributed by atoms with Gasteiger partial charge in [-0.25, -0.2) is 0 Å². The van der Waals surface area contributed by atoms with Crippen molar-refractivity contribution in [3.05, 3.63) is 29.3 Å². The molecule has 1 heterocycles. The molecule has 1 aromatic carbocycles. The number of likely N-dealkylation sites (N-methyl/N-ethyl adjacent to an activating group) is 1. The second-order valence-electron chi connectivity index (χ2n) is 4.79. The van der Waals surface area contributed by atoms with Crippen LogP contribution in [0.2, 0.25) is 0 Å². The Morgan fingerprint density at radius 1 is 1.05 bits per heavy atom. The molecule has 1 saturated heterocycles. The highest BCUT2D eigenvalue weighted by atomic mass is 16.6. The first-order valence-electron chi connectivity index (χ1n) is 6.11. The molecule has 100 valence electrons. The highest BCUT2D eigenvalue weighted by Gasteiger charge is 2.35. The molecule has 0 radical (unpaired) electrons. The van der Waals surface area contributed by atoms with E-state index in [0.29, 0.717) is 0 Å². The normalized spacial score (nSPS) is 17.5. The van der Waals surface area contributed by atoms with E-state index in [1.807, 2.05) is 32.0 Å². The number of nitrogens with zero attached hydrogens (tertiary/aromatic N) is 1. The molecule has 1 aromatic rings. The highest BCUT2D eigenvalue weighted by Crippen LogP contribution is 2.07. The molecular weight excluding hydrogens is 245 g/mol. The van der Waals surface area contributed by atoms with Gasteiger partial charge in [-0.3, -0.25) is 14.5 Å². The summed E-state index contributed by atoms with van der Waals surface area (Å²) in [6.07, 6.45) is 0. The summed E-state index contributed by atoms with van der Waals surface area (Å²) in [6, 6.07) is 5.71. The Morgan fingerprint density at radius 3 is 2.00 bits per heavy atom. The van der Waals surface area contributed by atoms with Crippen LogP contribution in [0.25, 0.3) is 0 Å². The van der Waals surface area contributed by atoms with E-state index in [1.54, 1.807) is 11.9 Å². The van der Waals surface area contributed by atoms with Crippen LogP contribution in [0.1, 0.15) is 11.1 Å². The maximum absolute atomic E-state index is 11.7. The summed E-state index contributed by atoms with van der Waals surface area (Å²) in [7, 11) is 0.719. The Kier molecular flexibility index (Phi) is 3.90. The van der Waals surface area contributed by atoms with Crippen molar-refractivity contribution in [2.75, 3.05) is 20.1 Å². The Bertz CT molecular complexity index is 477. The van der Waals surface area contributed by atoms with Crippen molar-refractivity contribution in [3.8, 4) is 0 Å². The molecule has 2 rings (SSSR count). The van der Waals surface area contributed by atoms with Gasteiger partial charge in [-0.2, -0.15) is 0 Å². The van der Waals surface area contributed by atoms with Gasteiger partial charge < -0.3 is 9.31 Å². The smallest absolute Gasteiger partial charge is 0.494 e. The maximum atomic E-state index is 11.7. The number of benzene rings is 1. The van der Waals surface area contributed by atoms with Gasteiger partial charge in [-0.15, -0.1) is 0 Å². The second-order valence-corrected chi connectivity index (χ2v) is 4.79. The van der Waals surface area contributed by atoms with E-state index < -0.39 is 19.1 Å². The van der Waals surface area contributed by atoms with Gasteiger partial charge in [0.2, 0.25) is 0 Å². The molecule has 1 aliphatic heterocycles. The lowest BCUT2D eigenvalue weighted by atomic mass is 9.73. The fourth-order valence-electron chi connectivity index (χ4n) is 2.15. The molecule has 1 fully saturated rings. The van der Waals surface area contributed by atoms with Crippen LogP contribution in [-0.2, 0) is 18.9 Å². The molecule has 0 unspecified atom stereocenters. The highest BCUT2D eigenvalue weighted by molar-refractivity contribution is 6.65. The summed E-state index contributed by atoms with van der Waals surface area (Å²) < 4.78 is 10.5. The van der Waals surface area contributed by atoms with Crippen molar-refractivity contribution in [1.29, 1.82) is 0 Å². The average molecular weight is 261 g/mol. The Hall–Kier alpha value is -1.82. The van der Waals surface area contributed by atoms with Crippen molar-refractivity contribution < 1.29 is 18.9 Å². The topological polar surface area (TPSA) is 55.8 Å². The van der Waals surface area contributed by atoms with Gasteiger partial charge in [0.1, 0.15) is 0 Å². The van der Waals surface area contributed by atoms with Crippen LogP contribution in [0.4, 0.5) is 0 Å². The van der Waals surface area contributed by atoms with Gasteiger partial charge in [-0.05, 0) is 32.0 Å². The molecule has 5 nitrogen and oxygen atoms in total. The van der Waals surface area contributed by atoms with E-state index in [4.69, 9.17) is 9.31 Å². The number of aryl methyl sites for hydroxylation is 2. The number of carbonyl (C=O) groups is 2. The summed E-state index contributed by atoms with van der Waals surface area (Å²) in [6.45, 7) is 3.96. The van der Waals surface area contributed by atoms with Crippen LogP contribution >= 0.6 is 0 Å². The molecule has 0 amide bonds. The van der Waals surface area contributed by atoms with E-state index in [9.17, 15) is 9.59 Å². The first-order chi connectivity index (χ1) is 8.97. The Balaban J connectivity index is 2.32. The quantitative estimate of drug-likeness (QED) is 0.667. The van der Waals surface area contributed by atoms with E-state index >= 15 is 0 Å². The summed E-state index contributed by atoms with van der Waals surface area (Å²) in [5.41, 5.74) is 2.60. The minimum Gasteiger partial charge on any atom is -0.494 e. The predicted octanol–water partition coefficient (Wildman–Crippen LogP) is 0.0304. The van der Waals surface area contributed by atoms with Crippen LogP contribution in [0.5, 0.6) is 0 Å². The lowest BCUT2D eigenvalue weighted by Crippen LogP contribution is -2.49. The third-order valence-corrected chi connectivity index (χ3v) is 3.05. The van der Waals surface area contributed by atoms with Gasteiger partial charge in [0.15, 0.2) is 0 Å². The predicted molar refractivity (Wildman–Crippen MR) is 71.0 cm³/mol. The molecule has 0 saturated carbocycles. The van der Waals surface area contributed by atoms with Gasteiger partial charge in [0.25, 0.3) is 0 Å². The number of rotatable bonds is 1. The van der Waals surface area contributed by atoms with Crippen molar-refractivity contribution in [2.24, 2.45) is 0 Å². The van der Waals surface area contributed by atoms with Crippen LogP contribution in [0, 0.1) is 13.8 Å². The maximum Gasteiger partial charge on any atom is 0.637 e. The standard InChI is InChI=1S/C13H16BNO4/c1-9-5-4-6-10(2)13(9)14-18-11(16)7-15(3)8-12(17)19-14/h4-6H,7-8H2,1-3H3. The fraction of sp³-hybridized carbons (Fsp3) is 0.385. The van der Waals surface area contributed by atoms with Crippen molar-refractivity contribution in [2.45, 2.75) is 13.8 Å². The minimum atomic E-state index is -0.949. The third-order valence-electron chi connectivity index (χ3n) is 3.05. The Morgan fingerprint density at radius 2 is 1.53 bits per heavy atom. The van der Waals surface area contributed by atoms with E-state index in [2.05, 4.69) is 0 Å². The fourth-order valence-corrected chi connectivity index (χ4v) is 2.15. The molecule has 0 aromatic heterocycles. The van der Waals surface area contributed by atoms with E-state index in [0.717, 1.165) is 16.6 Å².